The van der Waals surface area contributed by atoms with Gasteiger partial charge in [-0.3, -0.25) is 34.2 Å². The van der Waals surface area contributed by atoms with E-state index in [0.29, 0.717) is 18.7 Å². The SMILES string of the molecule is CC(=O)N(C(=O)C(N)Cc1ccccc1)[C@](Cc1cnc[nH]1)(C(=O)N[C@@H](CC1CCCCC1)[C@@H](O)CC(=O)NCC(C)C)C1COc2ccc([N+](=O)[O-])cc21. The molecule has 5 atom stereocenters. The van der Waals surface area contributed by atoms with Crippen LogP contribution in [0.25, 0.3) is 0 Å². The van der Waals surface area contributed by atoms with Gasteiger partial charge >= 0.3 is 0 Å². The average molecular weight is 760 g/mol. The lowest BCUT2D eigenvalue weighted by Crippen LogP contribution is -2.70. The number of benzene rings is 2. The number of hydrogen-bond acceptors (Lipinski definition) is 10. The second kappa shape index (κ2) is 18.5. The van der Waals surface area contributed by atoms with Gasteiger partial charge in [-0.1, -0.05) is 76.3 Å². The Labute approximate surface area is 320 Å². The molecule has 0 bridgehead atoms. The largest absolute Gasteiger partial charge is 0.493 e. The molecule has 6 N–H and O–H groups in total. The first-order valence-electron chi connectivity index (χ1n) is 19.1. The number of amides is 4. The zero-order chi connectivity index (χ0) is 39.7. The Kier molecular flexibility index (Phi) is 13.8. The molecule has 1 aliphatic heterocycles. The van der Waals surface area contributed by atoms with Crippen LogP contribution in [0.2, 0.25) is 0 Å². The number of aliphatic hydroxyl groups is 1. The summed E-state index contributed by atoms with van der Waals surface area (Å²) in [6.07, 6.45) is 6.12. The zero-order valence-corrected chi connectivity index (χ0v) is 31.7. The third-order valence-electron chi connectivity index (χ3n) is 10.7. The van der Waals surface area contributed by atoms with E-state index in [-0.39, 0.29) is 60.6 Å². The highest BCUT2D eigenvalue weighted by molar-refractivity contribution is 6.04. The van der Waals surface area contributed by atoms with Crippen LogP contribution in [0.1, 0.15) is 88.5 Å². The number of nitro groups is 1. The number of rotatable bonds is 17. The van der Waals surface area contributed by atoms with E-state index in [4.69, 9.17) is 10.5 Å². The summed E-state index contributed by atoms with van der Waals surface area (Å²) >= 11 is 0. The number of hydrogen-bond donors (Lipinski definition) is 5. The first-order valence-corrected chi connectivity index (χ1v) is 19.1. The van der Waals surface area contributed by atoms with Crippen molar-refractivity contribution in [2.24, 2.45) is 17.6 Å². The molecule has 1 aromatic heterocycles. The van der Waals surface area contributed by atoms with Crippen LogP contribution in [0.4, 0.5) is 5.69 Å². The van der Waals surface area contributed by atoms with Gasteiger partial charge < -0.3 is 31.2 Å². The molecule has 0 radical (unpaired) electrons. The summed E-state index contributed by atoms with van der Waals surface area (Å²) in [6.45, 7) is 5.26. The Morgan fingerprint density at radius 1 is 1.13 bits per heavy atom. The fourth-order valence-electron chi connectivity index (χ4n) is 7.94. The number of nitrogens with one attached hydrogen (secondary N) is 3. The first kappa shape index (κ1) is 41.0. The van der Waals surface area contributed by atoms with Crippen molar-refractivity contribution < 1.29 is 33.9 Å². The Balaban J connectivity index is 1.65. The molecule has 2 aromatic carbocycles. The summed E-state index contributed by atoms with van der Waals surface area (Å²) in [5.41, 5.74) is 5.51. The number of carbonyl (C=O) groups is 4. The highest BCUT2D eigenvalue weighted by Gasteiger charge is 2.58. The number of aromatic nitrogens is 2. The minimum Gasteiger partial charge on any atom is -0.493 e. The third kappa shape index (κ3) is 9.94. The molecule has 0 spiro atoms. The molecule has 1 fully saturated rings. The number of nitrogens with two attached hydrogens (primary N) is 1. The van der Waals surface area contributed by atoms with Gasteiger partial charge in [0.1, 0.15) is 11.3 Å². The molecule has 55 heavy (non-hydrogen) atoms. The van der Waals surface area contributed by atoms with Crippen molar-refractivity contribution in [2.75, 3.05) is 13.2 Å². The van der Waals surface area contributed by atoms with E-state index in [1.54, 1.807) is 24.3 Å². The molecular formula is C40H53N7O8. The van der Waals surface area contributed by atoms with Crippen molar-refractivity contribution in [1.29, 1.82) is 0 Å². The number of nitrogens with zero attached hydrogens (tertiary/aromatic N) is 3. The van der Waals surface area contributed by atoms with Crippen LogP contribution in [0, 0.1) is 22.0 Å². The Morgan fingerprint density at radius 3 is 2.49 bits per heavy atom. The minimum absolute atomic E-state index is 0.0446. The Hall–Kier alpha value is -5.15. The van der Waals surface area contributed by atoms with Gasteiger partial charge in [-0.15, -0.1) is 0 Å². The number of nitro benzene ring substituents is 1. The number of imide groups is 1. The second-order valence-electron chi connectivity index (χ2n) is 15.3. The van der Waals surface area contributed by atoms with Crippen molar-refractivity contribution in [3.63, 3.8) is 0 Å². The van der Waals surface area contributed by atoms with Crippen LogP contribution >= 0.6 is 0 Å². The van der Waals surface area contributed by atoms with E-state index >= 15 is 4.79 Å². The summed E-state index contributed by atoms with van der Waals surface area (Å²) < 4.78 is 6.05. The van der Waals surface area contributed by atoms with Crippen LogP contribution < -0.4 is 21.1 Å². The van der Waals surface area contributed by atoms with E-state index in [0.717, 1.165) is 42.6 Å². The summed E-state index contributed by atoms with van der Waals surface area (Å²) in [5.74, 6) is -3.40. The molecule has 2 unspecified atom stereocenters. The summed E-state index contributed by atoms with van der Waals surface area (Å²) in [5, 5.41) is 29.6. The lowest BCUT2D eigenvalue weighted by molar-refractivity contribution is -0.384. The maximum Gasteiger partial charge on any atom is 0.269 e. The third-order valence-corrected chi connectivity index (χ3v) is 10.7. The van der Waals surface area contributed by atoms with Gasteiger partial charge in [0.15, 0.2) is 0 Å². The standard InChI is InChI=1S/C40H53N7O8/c1-25(2)21-43-37(50)19-35(49)34(17-28-12-8-5-9-13-28)45-39(52)40(20-29-22-42-24-44-29,32-23-55-36-15-14-30(47(53)54)18-31(32)36)46(26(3)48)38(51)33(41)16-27-10-6-4-7-11-27/h4,6-7,10-11,14-15,18,22,24-25,28,32-35,49H,5,8-9,12-13,16-17,19-21,23,41H2,1-3H3,(H,42,44)(H,43,50)(H,45,52)/t32?,33?,34-,35-,40-/m0/s1. The number of aliphatic hydroxyl groups excluding tert-OH is 1. The van der Waals surface area contributed by atoms with Crippen LogP contribution in [-0.2, 0) is 32.0 Å². The van der Waals surface area contributed by atoms with Gasteiger partial charge in [-0.25, -0.2) is 4.98 Å². The fraction of sp³-hybridized carbons (Fsp3) is 0.525. The molecule has 5 rings (SSSR count). The number of non-ortho nitro benzene ring substituents is 1. The van der Waals surface area contributed by atoms with Gasteiger partial charge in [-0.05, 0) is 36.3 Å². The molecule has 1 aliphatic carbocycles. The fourth-order valence-corrected chi connectivity index (χ4v) is 7.94. The quantitative estimate of drug-likeness (QED) is 0.0992. The van der Waals surface area contributed by atoms with E-state index in [1.807, 2.05) is 19.9 Å². The molecule has 0 saturated heterocycles. The zero-order valence-electron chi connectivity index (χ0n) is 31.7. The summed E-state index contributed by atoms with van der Waals surface area (Å²) in [7, 11) is 0. The molecule has 2 aliphatic rings. The van der Waals surface area contributed by atoms with Gasteiger partial charge in [0, 0.05) is 49.5 Å². The normalized spacial score (nSPS) is 18.3. The van der Waals surface area contributed by atoms with Crippen LogP contribution in [0.5, 0.6) is 5.75 Å². The Morgan fingerprint density at radius 2 is 1.85 bits per heavy atom. The maximum atomic E-state index is 15.6. The monoisotopic (exact) mass is 759 g/mol. The molecule has 15 nitrogen and oxygen atoms in total. The molecule has 15 heteroatoms. The molecule has 2 heterocycles. The maximum absolute atomic E-state index is 15.6. The number of fused-ring (bicyclic) bond motifs is 1. The van der Waals surface area contributed by atoms with E-state index in [1.165, 1.54) is 37.6 Å². The van der Waals surface area contributed by atoms with Gasteiger partial charge in [-0.2, -0.15) is 0 Å². The number of imidazole rings is 1. The van der Waals surface area contributed by atoms with Gasteiger partial charge in [0.2, 0.25) is 23.6 Å². The number of H-pyrrole nitrogens is 1. The van der Waals surface area contributed by atoms with Gasteiger partial charge in [0.05, 0.1) is 48.4 Å². The van der Waals surface area contributed by atoms with Gasteiger partial charge in [0.25, 0.3) is 5.69 Å². The predicted molar refractivity (Wildman–Crippen MR) is 204 cm³/mol. The number of carbonyl (C=O) groups excluding carboxylic acids is 4. The lowest BCUT2D eigenvalue weighted by Gasteiger charge is -2.46. The highest BCUT2D eigenvalue weighted by Crippen LogP contribution is 2.47. The second-order valence-corrected chi connectivity index (χ2v) is 15.3. The molecule has 1 saturated carbocycles. The highest BCUT2D eigenvalue weighted by atomic mass is 16.6. The predicted octanol–water partition coefficient (Wildman–Crippen LogP) is 3.70. The molecular weight excluding hydrogens is 706 g/mol. The van der Waals surface area contributed by atoms with Crippen LogP contribution in [-0.4, -0.2) is 85.4 Å². The van der Waals surface area contributed by atoms with Crippen molar-refractivity contribution >= 4 is 29.3 Å². The van der Waals surface area contributed by atoms with E-state index in [9.17, 15) is 29.6 Å². The van der Waals surface area contributed by atoms with Crippen molar-refractivity contribution in [1.82, 2.24) is 25.5 Å². The summed E-state index contributed by atoms with van der Waals surface area (Å²) in [6, 6.07) is 10.8. The molecule has 4 amide bonds. The number of aromatic amines is 1. The Bertz CT molecular complexity index is 1800. The topological polar surface area (TPSA) is 223 Å². The first-order chi connectivity index (χ1) is 26.3. The van der Waals surface area contributed by atoms with Crippen molar-refractivity contribution in [2.45, 2.75) is 108 Å². The number of ether oxygens (including phenoxy) is 1. The van der Waals surface area contributed by atoms with E-state index in [2.05, 4.69) is 20.6 Å². The van der Waals surface area contributed by atoms with Crippen LogP contribution in [0.15, 0.2) is 61.1 Å². The molecule has 3 aromatic rings. The van der Waals surface area contributed by atoms with Crippen molar-refractivity contribution in [3.05, 3.63) is 88.0 Å². The minimum atomic E-state index is -2.16. The lowest BCUT2D eigenvalue weighted by atomic mass is 9.73. The molecule has 296 valence electrons. The van der Waals surface area contributed by atoms with Crippen LogP contribution in [0.3, 0.4) is 0 Å². The average Bonchev–Trinajstić information content (AvgIpc) is 3.84. The van der Waals surface area contributed by atoms with E-state index < -0.39 is 52.3 Å². The smallest absolute Gasteiger partial charge is 0.269 e. The van der Waals surface area contributed by atoms with Crippen molar-refractivity contribution in [3.8, 4) is 5.75 Å². The summed E-state index contributed by atoms with van der Waals surface area (Å²) in [4.78, 5) is 76.8.